The number of hydrogen-bond donors (Lipinski definition) is 2. The number of hydrogen-bond acceptors (Lipinski definition) is 12. The van der Waals surface area contributed by atoms with E-state index in [0.717, 1.165) is 0 Å². The minimum absolute atomic E-state index is 0.0243. The van der Waals surface area contributed by atoms with E-state index in [4.69, 9.17) is 23.9 Å². The van der Waals surface area contributed by atoms with Gasteiger partial charge in [0.25, 0.3) is 0 Å². The van der Waals surface area contributed by atoms with Gasteiger partial charge in [-0.3, -0.25) is 28.8 Å². The zero-order chi connectivity index (χ0) is 38.1. The van der Waals surface area contributed by atoms with E-state index in [1.54, 1.807) is 45.9 Å². The normalized spacial score (nSPS) is 14.5. The second-order valence-electron chi connectivity index (χ2n) is 13.7. The van der Waals surface area contributed by atoms with Crippen molar-refractivity contribution in [1.29, 1.82) is 0 Å². The zero-order valence-electron chi connectivity index (χ0n) is 30.5. The maximum atomic E-state index is 13.9. The molecule has 5 heterocycles. The van der Waals surface area contributed by atoms with Crippen molar-refractivity contribution in [2.45, 2.75) is 77.0 Å². The van der Waals surface area contributed by atoms with Crippen LogP contribution in [0.25, 0.3) is 22.1 Å². The van der Waals surface area contributed by atoms with Gasteiger partial charge >= 0.3 is 23.9 Å². The van der Waals surface area contributed by atoms with Crippen molar-refractivity contribution in [2.75, 3.05) is 28.4 Å². The number of ketones is 2. The lowest BCUT2D eigenvalue weighted by Gasteiger charge is -2.15. The number of fused-ring (bicyclic) bond motifs is 8. The maximum Gasteiger partial charge on any atom is 0.310 e. The molecule has 0 aromatic carbocycles. The van der Waals surface area contributed by atoms with Crippen LogP contribution < -0.4 is 0 Å². The Bertz CT molecular complexity index is 2170. The average molecular weight is 715 g/mol. The smallest absolute Gasteiger partial charge is 0.310 e. The predicted octanol–water partition coefficient (Wildman–Crippen LogP) is 4.28. The van der Waals surface area contributed by atoms with Crippen LogP contribution in [0, 0.1) is 0 Å². The number of esters is 4. The minimum atomic E-state index is -1.12. The summed E-state index contributed by atoms with van der Waals surface area (Å²) in [6.45, 7) is 6.90. The number of methoxy groups -OCH3 is 4. The quantitative estimate of drug-likeness (QED) is 0.224. The third-order valence-corrected chi connectivity index (χ3v) is 9.77. The molecule has 0 radical (unpaired) electrons. The summed E-state index contributed by atoms with van der Waals surface area (Å²) in [6.07, 6.45) is -0.141. The molecule has 274 valence electrons. The highest BCUT2D eigenvalue weighted by atomic mass is 16.5. The van der Waals surface area contributed by atoms with Crippen LogP contribution in [0.2, 0.25) is 0 Å². The molecule has 0 spiro atoms. The molecule has 14 heteroatoms. The van der Waals surface area contributed by atoms with Crippen LogP contribution in [0.5, 0.6) is 0 Å². The molecule has 3 aromatic heterocycles. The molecule has 8 bridgehead atoms. The molecule has 52 heavy (non-hydrogen) atoms. The zero-order valence-corrected chi connectivity index (χ0v) is 30.5. The third kappa shape index (κ3) is 7.10. The van der Waals surface area contributed by atoms with Crippen molar-refractivity contribution in [3.05, 3.63) is 69.3 Å². The lowest BCUT2D eigenvalue weighted by Crippen LogP contribution is -2.25. The lowest BCUT2D eigenvalue weighted by molar-refractivity contribution is -0.141. The number of ether oxygens (including phenoxy) is 4. The molecule has 0 saturated carbocycles. The Labute approximate surface area is 299 Å². The molecular weight excluding hydrogens is 672 g/mol. The van der Waals surface area contributed by atoms with Crippen LogP contribution in [0.1, 0.15) is 95.2 Å². The Balaban J connectivity index is 2.02. The maximum absolute atomic E-state index is 13.9. The van der Waals surface area contributed by atoms with Gasteiger partial charge in [-0.2, -0.15) is 0 Å². The first-order valence-corrected chi connectivity index (χ1v) is 16.7. The van der Waals surface area contributed by atoms with Crippen LogP contribution in [-0.4, -0.2) is 83.8 Å². The van der Waals surface area contributed by atoms with Gasteiger partial charge in [-0.1, -0.05) is 0 Å². The largest absolute Gasteiger partial charge is 0.469 e. The number of carbonyl (C=O) groups excluding carboxylic acids is 6. The van der Waals surface area contributed by atoms with Crippen molar-refractivity contribution in [3.8, 4) is 0 Å². The van der Waals surface area contributed by atoms with E-state index in [9.17, 15) is 28.8 Å². The Morgan fingerprint density at radius 3 is 1.33 bits per heavy atom. The monoisotopic (exact) mass is 714 g/mol. The fourth-order valence-electron chi connectivity index (χ4n) is 6.48. The summed E-state index contributed by atoms with van der Waals surface area (Å²) in [5, 5.41) is 0. The first-order chi connectivity index (χ1) is 24.5. The summed E-state index contributed by atoms with van der Waals surface area (Å²) in [6, 6.07) is 6.51. The molecule has 2 aliphatic rings. The molecule has 5 rings (SSSR count). The van der Waals surface area contributed by atoms with Crippen molar-refractivity contribution < 1.29 is 47.7 Å². The number of rotatable bonds is 10. The van der Waals surface area contributed by atoms with Gasteiger partial charge in [0.1, 0.15) is 11.4 Å². The summed E-state index contributed by atoms with van der Waals surface area (Å²) in [5.41, 5.74) is 2.67. The van der Waals surface area contributed by atoms with Gasteiger partial charge in [-0.05, 0) is 87.1 Å². The number of Topliss-reactive ketones (excluding diaryl/α,β-unsaturated/α-hetero) is 2. The Morgan fingerprint density at radius 2 is 0.904 bits per heavy atom. The fourth-order valence-corrected chi connectivity index (χ4v) is 6.48. The SMILES string of the molecule is COC(=O)CCc1c(CC(=O)OC)c2cc3nc(cc4nc(cc5[nH]c(cc1[nH]2)c(CCC(=O)OC)c5CC(=O)OC)C(C)(C)C4=O)C(C)(C)C3=O. The van der Waals surface area contributed by atoms with Gasteiger partial charge in [0.15, 0.2) is 11.6 Å². The molecule has 0 aliphatic carbocycles. The third-order valence-electron chi connectivity index (χ3n) is 9.77. The molecular formula is C38H42N4O10. The minimum Gasteiger partial charge on any atom is -0.469 e. The van der Waals surface area contributed by atoms with E-state index in [1.165, 1.54) is 34.5 Å². The van der Waals surface area contributed by atoms with Gasteiger partial charge in [0.05, 0.1) is 63.5 Å². The van der Waals surface area contributed by atoms with Crippen LogP contribution in [0.15, 0.2) is 24.3 Å². The highest BCUT2D eigenvalue weighted by Gasteiger charge is 2.42. The Morgan fingerprint density at radius 1 is 0.538 bits per heavy atom. The first-order valence-electron chi connectivity index (χ1n) is 16.7. The van der Waals surface area contributed by atoms with E-state index in [2.05, 4.69) is 15.0 Å². The number of aryl methyl sites for hydroxylation is 2. The standard InChI is InChI=1S/C38H42N4O10/c1-37(2)29-17-26-22(14-34(46)52-8)20(10-12-32(44)50-6)24(40-26)15-23-19(9-11-31(43)49-5)21(13-33(45)51-7)25(39-23)16-27-35(47)38(3,4)30(41-27)18-28(42-29)36(37)48/h15-18,39-40H,9-14H2,1-8H3. The van der Waals surface area contributed by atoms with Gasteiger partial charge in [-0.15, -0.1) is 0 Å². The van der Waals surface area contributed by atoms with Crippen molar-refractivity contribution >= 4 is 57.5 Å². The summed E-state index contributed by atoms with van der Waals surface area (Å²) >= 11 is 0. The Kier molecular flexibility index (Phi) is 10.5. The fraction of sp³-hybridized carbons (Fsp3) is 0.421. The highest BCUT2D eigenvalue weighted by molar-refractivity contribution is 6.07. The number of nitrogens with one attached hydrogen (secondary N) is 2. The van der Waals surface area contributed by atoms with E-state index >= 15 is 0 Å². The number of carbonyl (C=O) groups is 6. The average Bonchev–Trinajstić information content (AvgIpc) is 3.73. The van der Waals surface area contributed by atoms with Gasteiger partial charge in [-0.25, -0.2) is 9.97 Å². The molecule has 3 aromatic rings. The highest BCUT2D eigenvalue weighted by Crippen LogP contribution is 2.36. The predicted molar refractivity (Wildman–Crippen MR) is 188 cm³/mol. The molecule has 2 aliphatic heterocycles. The second-order valence-corrected chi connectivity index (χ2v) is 13.7. The number of nitrogens with zero attached hydrogens (tertiary/aromatic N) is 2. The molecule has 0 saturated heterocycles. The van der Waals surface area contributed by atoms with Crippen LogP contribution in [0.4, 0.5) is 0 Å². The summed E-state index contributed by atoms with van der Waals surface area (Å²) in [4.78, 5) is 94.2. The van der Waals surface area contributed by atoms with Crippen LogP contribution in [0.3, 0.4) is 0 Å². The van der Waals surface area contributed by atoms with Crippen molar-refractivity contribution in [3.63, 3.8) is 0 Å². The molecule has 0 fully saturated rings. The topological polar surface area (TPSA) is 197 Å². The van der Waals surface area contributed by atoms with Crippen molar-refractivity contribution in [2.24, 2.45) is 0 Å². The summed E-state index contributed by atoms with van der Waals surface area (Å²) in [7, 11) is 5.09. The van der Waals surface area contributed by atoms with Gasteiger partial charge in [0.2, 0.25) is 0 Å². The number of aromatic nitrogens is 4. The van der Waals surface area contributed by atoms with Gasteiger partial charge in [0, 0.05) is 34.9 Å². The molecule has 14 nitrogen and oxygen atoms in total. The second kappa shape index (κ2) is 14.5. The van der Waals surface area contributed by atoms with E-state index < -0.39 is 34.7 Å². The van der Waals surface area contributed by atoms with Gasteiger partial charge < -0.3 is 28.9 Å². The summed E-state index contributed by atoms with van der Waals surface area (Å²) < 4.78 is 19.9. The van der Waals surface area contributed by atoms with Crippen LogP contribution >= 0.6 is 0 Å². The van der Waals surface area contributed by atoms with Crippen molar-refractivity contribution in [1.82, 2.24) is 19.9 Å². The van der Waals surface area contributed by atoms with E-state index in [0.29, 0.717) is 55.7 Å². The number of aromatic amines is 2. The summed E-state index contributed by atoms with van der Waals surface area (Å²) in [5.74, 6) is -2.64. The molecule has 2 N–H and O–H groups in total. The van der Waals surface area contributed by atoms with Crippen LogP contribution in [-0.2, 0) is 74.6 Å². The number of H-pyrrole nitrogens is 2. The molecule has 0 unspecified atom stereocenters. The first kappa shape index (κ1) is 37.6. The van der Waals surface area contributed by atoms with E-state index in [1.807, 2.05) is 0 Å². The lowest BCUT2D eigenvalue weighted by atomic mass is 9.83. The molecule has 0 atom stereocenters. The van der Waals surface area contributed by atoms with E-state index in [-0.39, 0.29) is 61.5 Å². The Hall–Kier alpha value is -5.66. The molecule has 0 amide bonds.